The van der Waals surface area contributed by atoms with Crippen molar-refractivity contribution in [2.45, 2.75) is 6.92 Å². The molecular formula is C17H16ClN5O. The van der Waals surface area contributed by atoms with E-state index >= 15 is 0 Å². The molecule has 2 amide bonds. The lowest BCUT2D eigenvalue weighted by Crippen LogP contribution is -2.24. The average molecular weight is 342 g/mol. The van der Waals surface area contributed by atoms with Crippen LogP contribution in [-0.2, 0) is 0 Å². The molecule has 0 spiro atoms. The number of aryl methyl sites for hydroxylation is 1. The predicted molar refractivity (Wildman–Crippen MR) is 97.2 cm³/mol. The van der Waals surface area contributed by atoms with E-state index in [1.165, 1.54) is 7.05 Å². The first-order chi connectivity index (χ1) is 11.5. The summed E-state index contributed by atoms with van der Waals surface area (Å²) in [6, 6.07) is 5.25. The van der Waals surface area contributed by atoms with Crippen LogP contribution < -0.4 is 16.4 Å². The Morgan fingerprint density at radius 3 is 2.75 bits per heavy atom. The van der Waals surface area contributed by atoms with E-state index < -0.39 is 0 Å². The molecule has 4 N–H and O–H groups in total. The fourth-order valence-electron chi connectivity index (χ4n) is 2.49. The molecule has 1 aromatic carbocycles. The number of rotatable bonds is 2. The second-order valence-corrected chi connectivity index (χ2v) is 5.72. The molecule has 24 heavy (non-hydrogen) atoms. The van der Waals surface area contributed by atoms with Crippen LogP contribution in [0.25, 0.3) is 21.9 Å². The van der Waals surface area contributed by atoms with E-state index in [0.717, 1.165) is 27.5 Å². The van der Waals surface area contributed by atoms with E-state index in [-0.39, 0.29) is 6.03 Å². The number of urea groups is 1. The third kappa shape index (κ3) is 2.83. The summed E-state index contributed by atoms with van der Waals surface area (Å²) in [5.74, 6) is 0.428. The van der Waals surface area contributed by atoms with Crippen molar-refractivity contribution in [3.05, 3.63) is 47.4 Å². The van der Waals surface area contributed by atoms with Crippen LogP contribution in [0.3, 0.4) is 0 Å². The zero-order valence-corrected chi connectivity index (χ0v) is 14.0. The van der Waals surface area contributed by atoms with E-state index in [2.05, 4.69) is 20.6 Å². The lowest BCUT2D eigenvalue weighted by molar-refractivity contribution is 0.254. The minimum Gasteiger partial charge on any atom is -0.397 e. The molecule has 0 radical (unpaired) electrons. The quantitative estimate of drug-likeness (QED) is 0.621. The van der Waals surface area contributed by atoms with Crippen molar-refractivity contribution in [2.24, 2.45) is 0 Å². The molecule has 0 unspecified atom stereocenters. The largest absolute Gasteiger partial charge is 0.397 e. The Bertz CT molecular complexity index is 942. The van der Waals surface area contributed by atoms with Crippen molar-refractivity contribution in [1.82, 2.24) is 15.3 Å². The van der Waals surface area contributed by atoms with E-state index in [0.29, 0.717) is 16.5 Å². The number of nitrogen functional groups attached to an aromatic ring is 1. The Morgan fingerprint density at radius 1 is 1.25 bits per heavy atom. The molecule has 3 aromatic rings. The Kier molecular flexibility index (Phi) is 4.22. The number of halogens is 1. The number of carbonyl (C=O) groups is 1. The average Bonchev–Trinajstić information content (AvgIpc) is 2.58. The van der Waals surface area contributed by atoms with Gasteiger partial charge in [0.15, 0.2) is 0 Å². The highest BCUT2D eigenvalue weighted by Gasteiger charge is 2.14. The van der Waals surface area contributed by atoms with Crippen LogP contribution >= 0.6 is 11.6 Å². The first kappa shape index (κ1) is 16.0. The number of hydrogen-bond acceptors (Lipinski definition) is 4. The Hall–Kier alpha value is -2.86. The van der Waals surface area contributed by atoms with Gasteiger partial charge in [0.25, 0.3) is 0 Å². The van der Waals surface area contributed by atoms with Gasteiger partial charge in [-0.25, -0.2) is 9.78 Å². The maximum Gasteiger partial charge on any atom is 0.320 e. The topological polar surface area (TPSA) is 92.9 Å². The van der Waals surface area contributed by atoms with E-state index in [1.807, 2.05) is 19.1 Å². The summed E-state index contributed by atoms with van der Waals surface area (Å²) in [6.07, 6.45) is 5.08. The Morgan fingerprint density at radius 2 is 2.04 bits per heavy atom. The third-order valence-corrected chi connectivity index (χ3v) is 4.20. The first-order valence-corrected chi connectivity index (χ1v) is 7.66. The highest BCUT2D eigenvalue weighted by Crippen LogP contribution is 2.39. The van der Waals surface area contributed by atoms with Crippen molar-refractivity contribution in [3.63, 3.8) is 0 Å². The number of nitrogens with zero attached hydrogens (tertiary/aromatic N) is 2. The lowest BCUT2D eigenvalue weighted by atomic mass is 9.99. The summed E-state index contributed by atoms with van der Waals surface area (Å²) >= 11 is 6.46. The van der Waals surface area contributed by atoms with Crippen molar-refractivity contribution in [3.8, 4) is 11.1 Å². The second-order valence-electron chi connectivity index (χ2n) is 5.34. The zero-order valence-electron chi connectivity index (χ0n) is 13.2. The summed E-state index contributed by atoms with van der Waals surface area (Å²) in [6.45, 7) is 1.98. The van der Waals surface area contributed by atoms with Gasteiger partial charge >= 0.3 is 6.03 Å². The summed E-state index contributed by atoms with van der Waals surface area (Å²) < 4.78 is 0. The summed E-state index contributed by atoms with van der Waals surface area (Å²) in [7, 11) is 1.54. The number of nitrogens with two attached hydrogens (primary N) is 1. The SMILES string of the molecule is CNC(=O)Nc1cc2cc(-c3cnccc3C)c(Cl)c(N)c2cn1. The number of anilines is 2. The Balaban J connectivity index is 2.19. The molecule has 0 saturated heterocycles. The lowest BCUT2D eigenvalue weighted by Gasteiger charge is -2.13. The maximum atomic E-state index is 11.5. The highest BCUT2D eigenvalue weighted by molar-refractivity contribution is 6.37. The van der Waals surface area contributed by atoms with Crippen LogP contribution in [0.15, 0.2) is 36.8 Å². The smallest absolute Gasteiger partial charge is 0.320 e. The maximum absolute atomic E-state index is 11.5. The van der Waals surface area contributed by atoms with Crippen molar-refractivity contribution in [2.75, 3.05) is 18.1 Å². The standard InChI is InChI=1S/C17H16ClN5O/c1-9-3-4-21-7-12(9)11-5-10-6-14(23-17(24)20-2)22-8-13(10)16(19)15(11)18/h3-8H,19H2,1-2H3,(H2,20,22,23,24). The molecule has 0 aliphatic carbocycles. The number of pyridine rings is 2. The van der Waals surface area contributed by atoms with Crippen molar-refractivity contribution < 1.29 is 4.79 Å². The van der Waals surface area contributed by atoms with E-state index in [4.69, 9.17) is 17.3 Å². The van der Waals surface area contributed by atoms with Gasteiger partial charge in [-0.2, -0.15) is 0 Å². The molecule has 0 aliphatic heterocycles. The number of nitrogens with one attached hydrogen (secondary N) is 2. The number of hydrogen-bond donors (Lipinski definition) is 3. The van der Waals surface area contributed by atoms with Crippen LogP contribution in [0.5, 0.6) is 0 Å². The summed E-state index contributed by atoms with van der Waals surface area (Å²) in [5.41, 5.74) is 9.39. The van der Waals surface area contributed by atoms with Gasteiger partial charge in [-0.1, -0.05) is 11.6 Å². The zero-order chi connectivity index (χ0) is 17.3. The summed E-state index contributed by atoms with van der Waals surface area (Å²) in [4.78, 5) is 19.8. The number of benzene rings is 1. The van der Waals surface area contributed by atoms with Gasteiger partial charge in [0.05, 0.1) is 10.7 Å². The fraction of sp³-hybridized carbons (Fsp3) is 0.118. The molecule has 0 fully saturated rings. The van der Waals surface area contributed by atoms with Gasteiger partial charge in [-0.15, -0.1) is 0 Å². The second kappa shape index (κ2) is 6.33. The Labute approximate surface area is 144 Å². The van der Waals surface area contributed by atoms with Crippen LogP contribution in [0.1, 0.15) is 5.56 Å². The highest BCUT2D eigenvalue weighted by atomic mass is 35.5. The number of amides is 2. The molecule has 7 heteroatoms. The van der Waals surface area contributed by atoms with Gasteiger partial charge in [-0.3, -0.25) is 10.3 Å². The molecule has 6 nitrogen and oxygen atoms in total. The first-order valence-electron chi connectivity index (χ1n) is 7.28. The summed E-state index contributed by atoms with van der Waals surface area (Å²) in [5, 5.41) is 7.15. The normalized spacial score (nSPS) is 10.6. The molecule has 0 aliphatic rings. The monoisotopic (exact) mass is 341 g/mol. The molecule has 2 aromatic heterocycles. The molecule has 122 valence electrons. The van der Waals surface area contributed by atoms with Crippen molar-refractivity contribution in [1.29, 1.82) is 0 Å². The number of fused-ring (bicyclic) bond motifs is 1. The number of carbonyl (C=O) groups excluding carboxylic acids is 1. The van der Waals surface area contributed by atoms with Crippen LogP contribution in [0, 0.1) is 6.92 Å². The van der Waals surface area contributed by atoms with Gasteiger partial charge in [-0.05, 0) is 36.1 Å². The molecular weight excluding hydrogens is 326 g/mol. The van der Waals surface area contributed by atoms with Crippen LogP contribution in [0.2, 0.25) is 5.02 Å². The minimum atomic E-state index is -0.341. The van der Waals surface area contributed by atoms with Crippen LogP contribution in [0.4, 0.5) is 16.3 Å². The van der Waals surface area contributed by atoms with Crippen molar-refractivity contribution >= 4 is 39.9 Å². The molecule has 2 heterocycles. The predicted octanol–water partition coefficient (Wildman–Crippen LogP) is 3.59. The molecule has 0 saturated carbocycles. The molecule has 0 bridgehead atoms. The third-order valence-electron chi connectivity index (χ3n) is 3.80. The minimum absolute atomic E-state index is 0.341. The van der Waals surface area contributed by atoms with E-state index in [9.17, 15) is 4.79 Å². The van der Waals surface area contributed by atoms with Crippen LogP contribution in [-0.4, -0.2) is 23.0 Å². The fourth-order valence-corrected chi connectivity index (χ4v) is 2.74. The molecule has 3 rings (SSSR count). The van der Waals surface area contributed by atoms with Gasteiger partial charge in [0.1, 0.15) is 5.82 Å². The molecule has 0 atom stereocenters. The van der Waals surface area contributed by atoms with Gasteiger partial charge < -0.3 is 11.1 Å². The number of aromatic nitrogens is 2. The van der Waals surface area contributed by atoms with Gasteiger partial charge in [0.2, 0.25) is 0 Å². The van der Waals surface area contributed by atoms with E-state index in [1.54, 1.807) is 24.7 Å². The van der Waals surface area contributed by atoms with Gasteiger partial charge in [0, 0.05) is 42.2 Å².